The van der Waals surface area contributed by atoms with E-state index in [1.54, 1.807) is 0 Å². The van der Waals surface area contributed by atoms with Gasteiger partial charge in [0.15, 0.2) is 0 Å². The van der Waals surface area contributed by atoms with Crippen molar-refractivity contribution >= 4 is 15.9 Å². The third-order valence-electron chi connectivity index (χ3n) is 2.37. The smallest absolute Gasteiger partial charge is 0.0517 e. The lowest BCUT2D eigenvalue weighted by molar-refractivity contribution is 0.218. The Labute approximate surface area is 77.5 Å². The van der Waals surface area contributed by atoms with Crippen LogP contribution in [0.1, 0.15) is 12.8 Å². The topological polar surface area (TPSA) is 15.3 Å². The second-order valence-electron chi connectivity index (χ2n) is 3.33. The monoisotopic (exact) mass is 220 g/mol. The molecule has 0 aromatic heterocycles. The van der Waals surface area contributed by atoms with Gasteiger partial charge < -0.3 is 10.2 Å². The first kappa shape index (κ1) is 9.49. The third-order valence-corrected chi connectivity index (χ3v) is 2.76. The summed E-state index contributed by atoms with van der Waals surface area (Å²) in [7, 11) is 2.20. The summed E-state index contributed by atoms with van der Waals surface area (Å²) in [5.41, 5.74) is 0.930. The predicted molar refractivity (Wildman–Crippen MR) is 52.0 cm³/mol. The van der Waals surface area contributed by atoms with Gasteiger partial charge in [-0.05, 0) is 45.4 Å². The summed E-state index contributed by atoms with van der Waals surface area (Å²) in [5.74, 6) is 0.906. The Bertz CT molecular complexity index is 97.5. The number of likely N-dealkylation sites (tertiary alicyclic amines) is 1. The number of rotatable bonds is 3. The first-order chi connectivity index (χ1) is 5.33. The summed E-state index contributed by atoms with van der Waals surface area (Å²) < 4.78 is 0. The van der Waals surface area contributed by atoms with Gasteiger partial charge in [-0.1, -0.05) is 15.9 Å². The summed E-state index contributed by atoms with van der Waals surface area (Å²) in [6.07, 6.45) is 2.72. The van der Waals surface area contributed by atoms with Crippen LogP contribution in [0, 0.1) is 5.92 Å². The number of hydrogen-bond donors (Lipinski definition) is 1. The van der Waals surface area contributed by atoms with Crippen molar-refractivity contribution < 1.29 is 0 Å². The van der Waals surface area contributed by atoms with Crippen molar-refractivity contribution in [1.29, 1.82) is 0 Å². The van der Waals surface area contributed by atoms with Crippen LogP contribution in [-0.4, -0.2) is 37.0 Å². The maximum absolute atomic E-state index is 3.37. The molecule has 66 valence electrons. The molecule has 1 saturated heterocycles. The Morgan fingerprint density at radius 2 is 2.09 bits per heavy atom. The zero-order valence-corrected chi connectivity index (χ0v) is 8.73. The van der Waals surface area contributed by atoms with E-state index in [1.165, 1.54) is 32.5 Å². The zero-order chi connectivity index (χ0) is 8.10. The lowest BCUT2D eigenvalue weighted by Gasteiger charge is -2.28. The second-order valence-corrected chi connectivity index (χ2v) is 3.90. The van der Waals surface area contributed by atoms with Gasteiger partial charge in [-0.15, -0.1) is 0 Å². The minimum Gasteiger partial charge on any atom is -0.307 e. The van der Waals surface area contributed by atoms with Gasteiger partial charge in [0, 0.05) is 0 Å². The SMILES string of the molecule is CN1CCC(CNCBr)CC1. The molecule has 3 heteroatoms. The quantitative estimate of drug-likeness (QED) is 0.570. The van der Waals surface area contributed by atoms with Crippen LogP contribution >= 0.6 is 15.9 Å². The standard InChI is InChI=1S/C8H17BrN2/c1-11-4-2-8(3-5-11)6-10-7-9/h8,10H,2-7H2,1H3. The predicted octanol–water partition coefficient (Wildman–Crippen LogP) is 1.27. The number of hydrogen-bond acceptors (Lipinski definition) is 2. The molecule has 11 heavy (non-hydrogen) atoms. The fourth-order valence-electron chi connectivity index (χ4n) is 1.52. The number of nitrogens with zero attached hydrogens (tertiary/aromatic N) is 1. The van der Waals surface area contributed by atoms with Gasteiger partial charge in [0.1, 0.15) is 0 Å². The molecular weight excluding hydrogens is 204 g/mol. The highest BCUT2D eigenvalue weighted by atomic mass is 79.9. The normalized spacial score (nSPS) is 22.4. The number of piperidine rings is 1. The lowest BCUT2D eigenvalue weighted by atomic mass is 9.97. The van der Waals surface area contributed by atoms with Gasteiger partial charge in [-0.2, -0.15) is 0 Å². The molecule has 1 heterocycles. The number of alkyl halides is 1. The van der Waals surface area contributed by atoms with Crippen LogP contribution in [0.25, 0.3) is 0 Å². The van der Waals surface area contributed by atoms with Gasteiger partial charge >= 0.3 is 0 Å². The molecule has 1 rings (SSSR count). The van der Waals surface area contributed by atoms with Crippen molar-refractivity contribution in [3.05, 3.63) is 0 Å². The molecule has 1 fully saturated rings. The van der Waals surface area contributed by atoms with Gasteiger partial charge in [-0.3, -0.25) is 0 Å². The molecule has 0 aromatic carbocycles. The Hall–Kier alpha value is 0.400. The van der Waals surface area contributed by atoms with Gasteiger partial charge in [0.25, 0.3) is 0 Å². The highest BCUT2D eigenvalue weighted by Crippen LogP contribution is 2.14. The molecule has 0 spiro atoms. The first-order valence-corrected chi connectivity index (χ1v) is 5.40. The van der Waals surface area contributed by atoms with E-state index in [9.17, 15) is 0 Å². The summed E-state index contributed by atoms with van der Waals surface area (Å²) >= 11 is 3.37. The van der Waals surface area contributed by atoms with E-state index in [4.69, 9.17) is 0 Å². The molecule has 0 aliphatic carbocycles. The van der Waals surface area contributed by atoms with E-state index >= 15 is 0 Å². The van der Waals surface area contributed by atoms with Crippen molar-refractivity contribution in [2.24, 2.45) is 5.92 Å². The van der Waals surface area contributed by atoms with Crippen LogP contribution in [0.5, 0.6) is 0 Å². The van der Waals surface area contributed by atoms with E-state index in [2.05, 4.69) is 33.2 Å². The largest absolute Gasteiger partial charge is 0.307 e. The summed E-state index contributed by atoms with van der Waals surface area (Å²) in [6, 6.07) is 0. The van der Waals surface area contributed by atoms with Crippen molar-refractivity contribution in [2.75, 3.05) is 32.1 Å². The number of halogens is 1. The maximum Gasteiger partial charge on any atom is 0.0517 e. The molecule has 0 saturated carbocycles. The first-order valence-electron chi connectivity index (χ1n) is 4.28. The molecule has 0 radical (unpaired) electrons. The second kappa shape index (κ2) is 5.12. The summed E-state index contributed by atoms with van der Waals surface area (Å²) in [5, 5.41) is 3.33. The van der Waals surface area contributed by atoms with Crippen molar-refractivity contribution in [2.45, 2.75) is 12.8 Å². The Morgan fingerprint density at radius 1 is 1.45 bits per heavy atom. The molecule has 1 aliphatic rings. The van der Waals surface area contributed by atoms with Gasteiger partial charge in [0.2, 0.25) is 0 Å². The lowest BCUT2D eigenvalue weighted by Crippen LogP contribution is -2.34. The highest BCUT2D eigenvalue weighted by molar-refractivity contribution is 9.09. The fraction of sp³-hybridized carbons (Fsp3) is 1.00. The van der Waals surface area contributed by atoms with Crippen molar-refractivity contribution in [3.63, 3.8) is 0 Å². The Morgan fingerprint density at radius 3 is 2.64 bits per heavy atom. The minimum atomic E-state index is 0.906. The molecule has 1 N–H and O–H groups in total. The average molecular weight is 221 g/mol. The summed E-state index contributed by atoms with van der Waals surface area (Å²) in [4.78, 5) is 2.41. The average Bonchev–Trinajstić information content (AvgIpc) is 2.04. The Balaban J connectivity index is 2.07. The third kappa shape index (κ3) is 3.54. The van der Waals surface area contributed by atoms with Crippen molar-refractivity contribution in [1.82, 2.24) is 10.2 Å². The van der Waals surface area contributed by atoms with Gasteiger partial charge in [0.05, 0.1) is 5.45 Å². The summed E-state index contributed by atoms with van der Waals surface area (Å²) in [6.45, 7) is 3.72. The van der Waals surface area contributed by atoms with Crippen LogP contribution in [0.3, 0.4) is 0 Å². The van der Waals surface area contributed by atoms with Crippen LogP contribution in [0.4, 0.5) is 0 Å². The number of nitrogens with one attached hydrogen (secondary N) is 1. The van der Waals surface area contributed by atoms with Crippen LogP contribution < -0.4 is 5.32 Å². The van der Waals surface area contributed by atoms with E-state index in [0.29, 0.717) is 0 Å². The molecule has 2 nitrogen and oxygen atoms in total. The van der Waals surface area contributed by atoms with E-state index in [1.807, 2.05) is 0 Å². The molecular formula is C8H17BrN2. The maximum atomic E-state index is 3.37. The molecule has 0 bridgehead atoms. The highest BCUT2D eigenvalue weighted by Gasteiger charge is 2.15. The van der Waals surface area contributed by atoms with E-state index in [-0.39, 0.29) is 0 Å². The molecule has 1 aliphatic heterocycles. The van der Waals surface area contributed by atoms with E-state index < -0.39 is 0 Å². The molecule has 0 amide bonds. The Kier molecular flexibility index (Phi) is 4.41. The zero-order valence-electron chi connectivity index (χ0n) is 7.15. The minimum absolute atomic E-state index is 0.906. The van der Waals surface area contributed by atoms with Crippen LogP contribution in [0.15, 0.2) is 0 Å². The van der Waals surface area contributed by atoms with E-state index in [0.717, 1.165) is 11.4 Å². The van der Waals surface area contributed by atoms with Crippen molar-refractivity contribution in [3.8, 4) is 0 Å². The fourth-order valence-corrected chi connectivity index (χ4v) is 1.75. The molecule has 0 unspecified atom stereocenters. The van der Waals surface area contributed by atoms with Gasteiger partial charge in [-0.25, -0.2) is 0 Å². The van der Waals surface area contributed by atoms with Crippen LogP contribution in [-0.2, 0) is 0 Å². The van der Waals surface area contributed by atoms with Crippen LogP contribution in [0.2, 0.25) is 0 Å². The molecule has 0 atom stereocenters. The molecule has 0 aromatic rings.